The van der Waals surface area contributed by atoms with Gasteiger partial charge in [0.15, 0.2) is 0 Å². The van der Waals surface area contributed by atoms with Gasteiger partial charge in [-0.2, -0.15) is 0 Å². The zero-order valence-electron chi connectivity index (χ0n) is 16.1. The number of hydrogen-bond donors (Lipinski definition) is 1. The van der Waals surface area contributed by atoms with Gasteiger partial charge in [-0.15, -0.1) is 6.42 Å². The molecule has 2 aromatic carbocycles. The molecular formula is C23H25FN2O2. The standard InChI is InChI=1S/C23H25FN2O2/c1-3-13-25-23(27)21-6-4-5-14-26(21)16-17-7-9-18(10-8-17)20-15-19(24)11-12-22(20)28-2/h1,7-12,15,21H,4-6,13-14,16H2,2H3,(H,25,27). The van der Waals surface area contributed by atoms with E-state index in [1.807, 2.05) is 24.3 Å². The fourth-order valence-corrected chi connectivity index (χ4v) is 3.66. The van der Waals surface area contributed by atoms with Crippen LogP contribution in [-0.2, 0) is 11.3 Å². The lowest BCUT2D eigenvalue weighted by atomic mass is 9.99. The van der Waals surface area contributed by atoms with Gasteiger partial charge in [0.05, 0.1) is 19.7 Å². The number of likely N-dealkylation sites (tertiary alicyclic amines) is 1. The van der Waals surface area contributed by atoms with E-state index in [0.717, 1.165) is 42.5 Å². The first-order valence-electron chi connectivity index (χ1n) is 9.50. The van der Waals surface area contributed by atoms with Gasteiger partial charge in [-0.1, -0.05) is 36.6 Å². The van der Waals surface area contributed by atoms with E-state index in [1.54, 1.807) is 13.2 Å². The molecule has 4 nitrogen and oxygen atoms in total. The molecule has 1 fully saturated rings. The summed E-state index contributed by atoms with van der Waals surface area (Å²) in [6, 6.07) is 12.3. The van der Waals surface area contributed by atoms with E-state index in [1.165, 1.54) is 12.1 Å². The topological polar surface area (TPSA) is 41.6 Å². The van der Waals surface area contributed by atoms with Crippen molar-refractivity contribution in [1.82, 2.24) is 10.2 Å². The molecule has 1 amide bonds. The van der Waals surface area contributed by atoms with E-state index in [4.69, 9.17) is 11.2 Å². The van der Waals surface area contributed by atoms with Crippen LogP contribution in [0, 0.1) is 18.2 Å². The number of methoxy groups -OCH3 is 1. The van der Waals surface area contributed by atoms with Gasteiger partial charge in [0.1, 0.15) is 11.6 Å². The van der Waals surface area contributed by atoms with Crippen molar-refractivity contribution in [3.05, 3.63) is 53.8 Å². The maximum absolute atomic E-state index is 13.7. The third-order valence-electron chi connectivity index (χ3n) is 5.09. The molecule has 1 aliphatic rings. The summed E-state index contributed by atoms with van der Waals surface area (Å²) in [6.07, 6.45) is 8.21. The van der Waals surface area contributed by atoms with Gasteiger partial charge >= 0.3 is 0 Å². The lowest BCUT2D eigenvalue weighted by Crippen LogP contribution is -2.49. The Hall–Kier alpha value is -2.84. The number of piperidine rings is 1. The zero-order valence-corrected chi connectivity index (χ0v) is 16.1. The van der Waals surface area contributed by atoms with Crippen molar-refractivity contribution in [2.75, 3.05) is 20.2 Å². The molecule has 3 rings (SSSR count). The molecule has 1 N–H and O–H groups in total. The first-order valence-corrected chi connectivity index (χ1v) is 9.50. The number of nitrogens with zero attached hydrogens (tertiary/aromatic N) is 1. The second-order valence-electron chi connectivity index (χ2n) is 6.95. The SMILES string of the molecule is C#CCNC(=O)C1CCCCN1Cc1ccc(-c2cc(F)ccc2OC)cc1. The summed E-state index contributed by atoms with van der Waals surface area (Å²) < 4.78 is 19.0. The van der Waals surface area contributed by atoms with E-state index >= 15 is 0 Å². The average molecular weight is 380 g/mol. The van der Waals surface area contributed by atoms with Crippen LogP contribution in [-0.4, -0.2) is 37.0 Å². The van der Waals surface area contributed by atoms with Crippen LogP contribution in [0.15, 0.2) is 42.5 Å². The summed E-state index contributed by atoms with van der Waals surface area (Å²) in [6.45, 7) is 1.83. The zero-order chi connectivity index (χ0) is 19.9. The minimum atomic E-state index is -0.297. The minimum absolute atomic E-state index is 0.00114. The molecule has 0 aromatic heterocycles. The van der Waals surface area contributed by atoms with Gasteiger partial charge < -0.3 is 10.1 Å². The molecule has 0 aliphatic carbocycles. The Morgan fingerprint density at radius 3 is 2.79 bits per heavy atom. The fourth-order valence-electron chi connectivity index (χ4n) is 3.66. The molecule has 5 heteroatoms. The van der Waals surface area contributed by atoms with Crippen molar-refractivity contribution in [2.45, 2.75) is 31.8 Å². The Labute approximate surface area is 165 Å². The molecule has 1 unspecified atom stereocenters. The summed E-state index contributed by atoms with van der Waals surface area (Å²) in [5, 5.41) is 2.80. The van der Waals surface area contributed by atoms with Crippen molar-refractivity contribution < 1.29 is 13.9 Å². The monoisotopic (exact) mass is 380 g/mol. The van der Waals surface area contributed by atoms with Crippen molar-refractivity contribution in [3.63, 3.8) is 0 Å². The third-order valence-corrected chi connectivity index (χ3v) is 5.09. The van der Waals surface area contributed by atoms with Crippen LogP contribution < -0.4 is 10.1 Å². The normalized spacial score (nSPS) is 17.0. The average Bonchev–Trinajstić information content (AvgIpc) is 2.73. The van der Waals surface area contributed by atoms with E-state index in [2.05, 4.69) is 16.1 Å². The number of nitrogens with one attached hydrogen (secondary N) is 1. The van der Waals surface area contributed by atoms with Crippen LogP contribution in [0.5, 0.6) is 5.75 Å². The predicted molar refractivity (Wildman–Crippen MR) is 108 cm³/mol. The number of rotatable bonds is 6. The van der Waals surface area contributed by atoms with E-state index in [9.17, 15) is 9.18 Å². The lowest BCUT2D eigenvalue weighted by molar-refractivity contribution is -0.127. The summed E-state index contributed by atoms with van der Waals surface area (Å²) in [5.41, 5.74) is 2.72. The second kappa shape index (κ2) is 9.38. The minimum Gasteiger partial charge on any atom is -0.496 e. The van der Waals surface area contributed by atoms with E-state index < -0.39 is 0 Å². The van der Waals surface area contributed by atoms with Crippen LogP contribution in [0.3, 0.4) is 0 Å². The lowest BCUT2D eigenvalue weighted by Gasteiger charge is -2.34. The van der Waals surface area contributed by atoms with Crippen LogP contribution in [0.25, 0.3) is 11.1 Å². The second-order valence-corrected chi connectivity index (χ2v) is 6.95. The van der Waals surface area contributed by atoms with Crippen molar-refractivity contribution >= 4 is 5.91 Å². The highest BCUT2D eigenvalue weighted by Crippen LogP contribution is 2.31. The van der Waals surface area contributed by atoms with Gasteiger partial charge in [0.25, 0.3) is 0 Å². The molecule has 1 aliphatic heterocycles. The highest BCUT2D eigenvalue weighted by atomic mass is 19.1. The van der Waals surface area contributed by atoms with E-state index in [-0.39, 0.29) is 24.3 Å². The Morgan fingerprint density at radius 2 is 2.07 bits per heavy atom. The molecule has 2 aromatic rings. The maximum atomic E-state index is 13.7. The first kappa shape index (κ1) is 19.9. The number of ether oxygens (including phenoxy) is 1. The maximum Gasteiger partial charge on any atom is 0.238 e. The van der Waals surface area contributed by atoms with Crippen molar-refractivity contribution in [1.29, 1.82) is 0 Å². The summed E-state index contributed by atoms with van der Waals surface area (Å²) in [5.74, 6) is 2.79. The highest BCUT2D eigenvalue weighted by molar-refractivity contribution is 5.82. The van der Waals surface area contributed by atoms with Gasteiger partial charge in [0, 0.05) is 12.1 Å². The summed E-state index contributed by atoms with van der Waals surface area (Å²) >= 11 is 0. The number of carbonyl (C=O) groups is 1. The molecule has 1 heterocycles. The molecule has 1 saturated heterocycles. The summed E-state index contributed by atoms with van der Waals surface area (Å²) in [4.78, 5) is 14.6. The van der Waals surface area contributed by atoms with Crippen molar-refractivity contribution in [2.24, 2.45) is 0 Å². The highest BCUT2D eigenvalue weighted by Gasteiger charge is 2.28. The quantitative estimate of drug-likeness (QED) is 0.779. The van der Waals surface area contributed by atoms with Gasteiger partial charge in [0.2, 0.25) is 5.91 Å². The number of amides is 1. The third kappa shape index (κ3) is 4.71. The number of halogens is 1. The Bertz CT molecular complexity index is 858. The molecular weight excluding hydrogens is 355 g/mol. The number of benzene rings is 2. The van der Waals surface area contributed by atoms with Gasteiger partial charge in [-0.3, -0.25) is 9.69 Å². The fraction of sp³-hybridized carbons (Fsp3) is 0.348. The largest absolute Gasteiger partial charge is 0.496 e. The van der Waals surface area contributed by atoms with E-state index in [0.29, 0.717) is 12.3 Å². The molecule has 0 saturated carbocycles. The molecule has 28 heavy (non-hydrogen) atoms. The molecule has 1 atom stereocenters. The Kier molecular flexibility index (Phi) is 6.67. The van der Waals surface area contributed by atoms with Gasteiger partial charge in [-0.05, 0) is 48.7 Å². The number of hydrogen-bond acceptors (Lipinski definition) is 3. The Balaban J connectivity index is 1.74. The summed E-state index contributed by atoms with van der Waals surface area (Å²) in [7, 11) is 1.58. The smallest absolute Gasteiger partial charge is 0.238 e. The van der Waals surface area contributed by atoms with Crippen LogP contribution in [0.2, 0.25) is 0 Å². The number of carbonyl (C=O) groups excluding carboxylic acids is 1. The molecule has 146 valence electrons. The van der Waals surface area contributed by atoms with Crippen LogP contribution in [0.4, 0.5) is 4.39 Å². The predicted octanol–water partition coefficient (Wildman–Crippen LogP) is 3.61. The molecule has 0 radical (unpaired) electrons. The van der Waals surface area contributed by atoms with Gasteiger partial charge in [-0.25, -0.2) is 4.39 Å². The molecule has 0 bridgehead atoms. The molecule has 0 spiro atoms. The van der Waals surface area contributed by atoms with Crippen LogP contribution >= 0.6 is 0 Å². The van der Waals surface area contributed by atoms with Crippen LogP contribution in [0.1, 0.15) is 24.8 Å². The number of terminal acetylenes is 1. The Morgan fingerprint density at radius 1 is 1.29 bits per heavy atom. The van der Waals surface area contributed by atoms with Crippen molar-refractivity contribution in [3.8, 4) is 29.2 Å². The first-order chi connectivity index (χ1) is 13.6.